The minimum absolute atomic E-state index is 0.171. The summed E-state index contributed by atoms with van der Waals surface area (Å²) in [6.07, 6.45) is 6.72. The molecule has 0 fully saturated rings. The van der Waals surface area contributed by atoms with Crippen molar-refractivity contribution >= 4 is 17.2 Å². The largest absolute Gasteiger partial charge is 0.341 e. The molecule has 0 atom stereocenters. The Morgan fingerprint density at radius 1 is 1.29 bits per heavy atom. The molecule has 0 saturated heterocycles. The van der Waals surface area contributed by atoms with E-state index < -0.39 is 5.54 Å². The summed E-state index contributed by atoms with van der Waals surface area (Å²) in [5.74, 6) is 0.546. The van der Waals surface area contributed by atoms with Crippen LogP contribution in [0.25, 0.3) is 5.82 Å². The molecule has 0 aromatic carbocycles. The van der Waals surface area contributed by atoms with Gasteiger partial charge in [-0.2, -0.15) is 0 Å². The first kappa shape index (κ1) is 16.3. The number of rotatable bonds is 4. The number of amides is 1. The normalized spacial score (nSPS) is 11.5. The van der Waals surface area contributed by atoms with Gasteiger partial charge in [-0.25, -0.2) is 15.0 Å². The predicted molar refractivity (Wildman–Crippen MR) is 93.4 cm³/mol. The van der Waals surface area contributed by atoms with E-state index >= 15 is 0 Å². The molecule has 0 aliphatic rings. The highest BCUT2D eigenvalue weighted by Gasteiger charge is 2.27. The molecule has 3 aromatic rings. The molecule has 3 rings (SSSR count). The standard InChI is InChI=1S/C17H19N5OS/c1-11-12(2)24-16(20-11)17(3,4)21-15(23)13-5-6-14(19-9-13)22-8-7-18-10-22/h5-10H,1-4H3,(H,21,23). The van der Waals surface area contributed by atoms with Gasteiger partial charge in [-0.1, -0.05) is 0 Å². The fourth-order valence-corrected chi connectivity index (χ4v) is 3.19. The molecule has 7 heteroatoms. The number of nitrogens with one attached hydrogen (secondary N) is 1. The number of hydrogen-bond acceptors (Lipinski definition) is 5. The smallest absolute Gasteiger partial charge is 0.253 e. The van der Waals surface area contributed by atoms with Crippen molar-refractivity contribution in [2.24, 2.45) is 0 Å². The molecule has 0 bridgehead atoms. The van der Waals surface area contributed by atoms with Crippen LogP contribution in [0.5, 0.6) is 0 Å². The van der Waals surface area contributed by atoms with Crippen molar-refractivity contribution in [1.29, 1.82) is 0 Å². The van der Waals surface area contributed by atoms with E-state index in [1.54, 1.807) is 53.0 Å². The Labute approximate surface area is 144 Å². The Balaban J connectivity index is 1.76. The Morgan fingerprint density at radius 2 is 2.08 bits per heavy atom. The van der Waals surface area contributed by atoms with Crippen LogP contribution in [0.3, 0.4) is 0 Å². The van der Waals surface area contributed by atoms with Gasteiger partial charge < -0.3 is 5.32 Å². The van der Waals surface area contributed by atoms with Crippen LogP contribution in [0.1, 0.15) is 39.8 Å². The lowest BCUT2D eigenvalue weighted by molar-refractivity contribution is 0.0911. The maximum Gasteiger partial charge on any atom is 0.253 e. The molecule has 0 aliphatic heterocycles. The van der Waals surface area contributed by atoms with E-state index in [0.29, 0.717) is 5.56 Å². The number of nitrogens with zero attached hydrogens (tertiary/aromatic N) is 4. The van der Waals surface area contributed by atoms with E-state index in [0.717, 1.165) is 16.5 Å². The van der Waals surface area contributed by atoms with Crippen LogP contribution in [-0.4, -0.2) is 25.4 Å². The molecule has 0 unspecified atom stereocenters. The Hall–Kier alpha value is -2.54. The summed E-state index contributed by atoms with van der Waals surface area (Å²) in [4.78, 5) is 26.5. The number of carbonyl (C=O) groups is 1. The molecule has 6 nitrogen and oxygen atoms in total. The van der Waals surface area contributed by atoms with Crippen LogP contribution in [0.15, 0.2) is 37.1 Å². The third kappa shape index (κ3) is 3.21. The molecule has 3 aromatic heterocycles. The highest BCUT2D eigenvalue weighted by molar-refractivity contribution is 7.11. The van der Waals surface area contributed by atoms with Crippen molar-refractivity contribution in [3.8, 4) is 5.82 Å². The second kappa shape index (κ2) is 6.16. The molecule has 3 heterocycles. The van der Waals surface area contributed by atoms with E-state index in [1.807, 2.05) is 27.7 Å². The first-order valence-electron chi connectivity index (χ1n) is 7.58. The molecular formula is C17H19N5OS. The van der Waals surface area contributed by atoms with Crippen molar-refractivity contribution in [3.63, 3.8) is 0 Å². The van der Waals surface area contributed by atoms with Crippen molar-refractivity contribution in [3.05, 3.63) is 58.2 Å². The third-order valence-electron chi connectivity index (χ3n) is 3.77. The van der Waals surface area contributed by atoms with Gasteiger partial charge in [0.2, 0.25) is 0 Å². The zero-order valence-corrected chi connectivity index (χ0v) is 14.9. The number of thiazole rings is 1. The molecule has 0 spiro atoms. The quantitative estimate of drug-likeness (QED) is 0.792. The lowest BCUT2D eigenvalue weighted by Gasteiger charge is -2.23. The Morgan fingerprint density at radius 3 is 2.62 bits per heavy atom. The maximum absolute atomic E-state index is 12.5. The van der Waals surface area contributed by atoms with Gasteiger partial charge in [0.1, 0.15) is 17.2 Å². The van der Waals surface area contributed by atoms with Crippen LogP contribution in [0, 0.1) is 13.8 Å². The molecule has 124 valence electrons. The summed E-state index contributed by atoms with van der Waals surface area (Å²) in [6.45, 7) is 7.92. The SMILES string of the molecule is Cc1nc(C(C)(C)NC(=O)c2ccc(-n3ccnc3)nc2)sc1C. The first-order chi connectivity index (χ1) is 11.4. The second-order valence-electron chi connectivity index (χ2n) is 6.11. The fourth-order valence-electron chi connectivity index (χ4n) is 2.22. The number of aromatic nitrogens is 4. The monoisotopic (exact) mass is 341 g/mol. The van der Waals surface area contributed by atoms with Gasteiger partial charge in [0.05, 0.1) is 16.8 Å². The molecule has 1 amide bonds. The Kier molecular flexibility index (Phi) is 4.19. The van der Waals surface area contributed by atoms with Crippen LogP contribution in [-0.2, 0) is 5.54 Å². The maximum atomic E-state index is 12.5. The summed E-state index contributed by atoms with van der Waals surface area (Å²) in [5, 5.41) is 3.93. The van der Waals surface area contributed by atoms with Crippen LogP contribution in [0.4, 0.5) is 0 Å². The number of aryl methyl sites for hydroxylation is 2. The lowest BCUT2D eigenvalue weighted by atomic mass is 10.1. The first-order valence-corrected chi connectivity index (χ1v) is 8.40. The average molecular weight is 341 g/mol. The van der Waals surface area contributed by atoms with E-state index in [2.05, 4.69) is 20.3 Å². The zero-order valence-electron chi connectivity index (χ0n) is 14.1. The van der Waals surface area contributed by atoms with Crippen LogP contribution in [0.2, 0.25) is 0 Å². The van der Waals surface area contributed by atoms with Crippen molar-refractivity contribution in [1.82, 2.24) is 24.8 Å². The van der Waals surface area contributed by atoms with E-state index in [4.69, 9.17) is 0 Å². The Bertz CT molecular complexity index is 830. The molecular weight excluding hydrogens is 322 g/mol. The van der Waals surface area contributed by atoms with Gasteiger partial charge in [-0.15, -0.1) is 11.3 Å². The average Bonchev–Trinajstić information content (AvgIpc) is 3.18. The molecule has 24 heavy (non-hydrogen) atoms. The van der Waals surface area contributed by atoms with Crippen molar-refractivity contribution in [2.45, 2.75) is 33.2 Å². The van der Waals surface area contributed by atoms with Crippen LogP contribution >= 0.6 is 11.3 Å². The number of pyridine rings is 1. The predicted octanol–water partition coefficient (Wildman–Crippen LogP) is 3.01. The minimum atomic E-state index is -0.538. The van der Waals surface area contributed by atoms with E-state index in [-0.39, 0.29) is 5.91 Å². The number of imidazole rings is 1. The molecule has 1 N–H and O–H groups in total. The minimum Gasteiger partial charge on any atom is -0.341 e. The summed E-state index contributed by atoms with van der Waals surface area (Å²) in [6, 6.07) is 3.55. The summed E-state index contributed by atoms with van der Waals surface area (Å²) < 4.78 is 1.78. The zero-order chi connectivity index (χ0) is 17.3. The van der Waals surface area contributed by atoms with E-state index in [9.17, 15) is 4.79 Å². The summed E-state index contributed by atoms with van der Waals surface area (Å²) in [5.41, 5.74) is 0.977. The number of hydrogen-bond donors (Lipinski definition) is 1. The van der Waals surface area contributed by atoms with Gasteiger partial charge in [0, 0.05) is 23.5 Å². The molecule has 0 aliphatic carbocycles. The van der Waals surface area contributed by atoms with Crippen LogP contribution < -0.4 is 5.32 Å². The summed E-state index contributed by atoms with van der Waals surface area (Å²) >= 11 is 1.61. The molecule has 0 radical (unpaired) electrons. The fraction of sp³-hybridized carbons (Fsp3) is 0.294. The highest BCUT2D eigenvalue weighted by Crippen LogP contribution is 2.27. The number of carbonyl (C=O) groups excluding carboxylic acids is 1. The van der Waals surface area contributed by atoms with Crippen molar-refractivity contribution in [2.75, 3.05) is 0 Å². The van der Waals surface area contributed by atoms with Gasteiger partial charge in [-0.05, 0) is 39.8 Å². The third-order valence-corrected chi connectivity index (χ3v) is 5.16. The van der Waals surface area contributed by atoms with Crippen molar-refractivity contribution < 1.29 is 4.79 Å². The van der Waals surface area contributed by atoms with Gasteiger partial charge in [0.15, 0.2) is 0 Å². The van der Waals surface area contributed by atoms with E-state index in [1.165, 1.54) is 4.88 Å². The lowest BCUT2D eigenvalue weighted by Crippen LogP contribution is -2.41. The van der Waals surface area contributed by atoms with Gasteiger partial charge >= 0.3 is 0 Å². The highest BCUT2D eigenvalue weighted by atomic mass is 32.1. The van der Waals surface area contributed by atoms with Gasteiger partial charge in [0.25, 0.3) is 5.91 Å². The van der Waals surface area contributed by atoms with Gasteiger partial charge in [-0.3, -0.25) is 9.36 Å². The molecule has 0 saturated carbocycles. The topological polar surface area (TPSA) is 72.7 Å². The second-order valence-corrected chi connectivity index (χ2v) is 7.32. The summed E-state index contributed by atoms with van der Waals surface area (Å²) in [7, 11) is 0.